The van der Waals surface area contributed by atoms with E-state index in [2.05, 4.69) is 21.3 Å². The minimum atomic E-state index is -0.802. The van der Waals surface area contributed by atoms with E-state index in [1.54, 1.807) is 20.8 Å². The second-order valence-corrected chi connectivity index (χ2v) is 9.68. The third-order valence-corrected chi connectivity index (χ3v) is 4.02. The first-order valence-corrected chi connectivity index (χ1v) is 10.0. The van der Waals surface area contributed by atoms with Crippen LogP contribution in [0.4, 0.5) is 4.79 Å². The van der Waals surface area contributed by atoms with Gasteiger partial charge >= 0.3 is 6.03 Å². The summed E-state index contributed by atoms with van der Waals surface area (Å²) in [5.41, 5.74) is 3.94. The number of hydrogen-bond acceptors (Lipinski definition) is 4. The largest absolute Gasteiger partial charge is 0.352 e. The number of nitrogens with one attached hydrogen (secondary N) is 4. The van der Waals surface area contributed by atoms with Crippen LogP contribution >= 0.6 is 0 Å². The van der Waals surface area contributed by atoms with Gasteiger partial charge in [-0.1, -0.05) is 34.6 Å². The highest BCUT2D eigenvalue weighted by Gasteiger charge is 2.32. The van der Waals surface area contributed by atoms with Crippen LogP contribution in [-0.4, -0.2) is 47.9 Å². The van der Waals surface area contributed by atoms with Crippen molar-refractivity contribution in [2.75, 3.05) is 6.54 Å². The Balaban J connectivity index is 5.27. The van der Waals surface area contributed by atoms with Gasteiger partial charge < -0.3 is 27.0 Å². The highest BCUT2D eigenvalue weighted by Crippen LogP contribution is 2.15. The molecule has 2 atom stereocenters. The molecular weight excluding hydrogens is 374 g/mol. The topological polar surface area (TPSA) is 142 Å². The Hall–Kier alpha value is -2.32. The maximum Gasteiger partial charge on any atom is 0.312 e. The van der Waals surface area contributed by atoms with Crippen molar-refractivity contribution in [3.63, 3.8) is 0 Å². The van der Waals surface area contributed by atoms with E-state index in [9.17, 15) is 19.2 Å². The van der Waals surface area contributed by atoms with Gasteiger partial charge in [-0.3, -0.25) is 14.4 Å². The number of primary amides is 1. The molecular formula is C20H39N5O4. The summed E-state index contributed by atoms with van der Waals surface area (Å²) >= 11 is 0. The van der Waals surface area contributed by atoms with Crippen LogP contribution in [0.2, 0.25) is 0 Å². The fraction of sp³-hybridized carbons (Fsp3) is 0.800. The van der Waals surface area contributed by atoms with Gasteiger partial charge in [-0.05, 0) is 39.5 Å². The number of rotatable bonds is 9. The fourth-order valence-electron chi connectivity index (χ4n) is 2.40. The molecule has 9 nitrogen and oxygen atoms in total. The van der Waals surface area contributed by atoms with Crippen LogP contribution in [-0.2, 0) is 14.4 Å². The van der Waals surface area contributed by atoms with Crippen molar-refractivity contribution < 1.29 is 19.2 Å². The molecule has 0 bridgehead atoms. The average Bonchev–Trinajstić information content (AvgIpc) is 2.51. The number of carbonyl (C=O) groups excluding carboxylic acids is 4. The molecule has 0 aromatic heterocycles. The number of carbonyl (C=O) groups is 4. The molecule has 6 N–H and O–H groups in total. The summed E-state index contributed by atoms with van der Waals surface area (Å²) < 4.78 is 0. The quantitative estimate of drug-likeness (QED) is 0.360. The third kappa shape index (κ3) is 11.3. The van der Waals surface area contributed by atoms with Crippen molar-refractivity contribution in [3.8, 4) is 0 Å². The Morgan fingerprint density at radius 3 is 1.86 bits per heavy atom. The molecule has 0 fully saturated rings. The van der Waals surface area contributed by atoms with E-state index in [1.807, 2.05) is 34.6 Å². The smallest absolute Gasteiger partial charge is 0.312 e. The van der Waals surface area contributed by atoms with Crippen molar-refractivity contribution in [1.82, 2.24) is 21.3 Å². The molecule has 0 aromatic rings. The Labute approximate surface area is 174 Å². The van der Waals surface area contributed by atoms with Crippen molar-refractivity contribution in [3.05, 3.63) is 0 Å². The molecule has 0 aromatic carbocycles. The van der Waals surface area contributed by atoms with Crippen molar-refractivity contribution in [1.29, 1.82) is 0 Å². The molecule has 0 aliphatic rings. The van der Waals surface area contributed by atoms with E-state index >= 15 is 0 Å². The SMILES string of the molecule is CC(C)C(NC(=O)C(C)(C)C)C(=O)NC(CCCNC(N)=O)C(=O)NC(C)(C)C. The van der Waals surface area contributed by atoms with E-state index in [0.29, 0.717) is 19.4 Å². The number of amides is 5. The van der Waals surface area contributed by atoms with E-state index in [-0.39, 0.29) is 17.7 Å². The Morgan fingerprint density at radius 1 is 0.897 bits per heavy atom. The van der Waals surface area contributed by atoms with Crippen LogP contribution in [0.5, 0.6) is 0 Å². The summed E-state index contributed by atoms with van der Waals surface area (Å²) in [6.07, 6.45) is 0.762. The monoisotopic (exact) mass is 413 g/mol. The van der Waals surface area contributed by atoms with Crippen LogP contribution < -0.4 is 27.0 Å². The molecule has 0 heterocycles. The molecule has 9 heteroatoms. The fourth-order valence-corrected chi connectivity index (χ4v) is 2.40. The first-order chi connectivity index (χ1) is 13.0. The van der Waals surface area contributed by atoms with Crippen molar-refractivity contribution >= 4 is 23.8 Å². The van der Waals surface area contributed by atoms with Crippen LogP contribution in [0.1, 0.15) is 68.2 Å². The second kappa shape index (κ2) is 11.0. The first-order valence-electron chi connectivity index (χ1n) is 10.0. The summed E-state index contributed by atoms with van der Waals surface area (Å²) in [7, 11) is 0. The van der Waals surface area contributed by atoms with Gasteiger partial charge in [0, 0.05) is 17.5 Å². The molecule has 5 amide bonds. The molecule has 0 aliphatic heterocycles. The van der Waals surface area contributed by atoms with Gasteiger partial charge in [0.05, 0.1) is 0 Å². The van der Waals surface area contributed by atoms with Crippen LogP contribution in [0.25, 0.3) is 0 Å². The maximum atomic E-state index is 12.9. The summed E-state index contributed by atoms with van der Waals surface area (Å²) in [4.78, 5) is 48.7. The molecule has 0 rings (SSSR count). The molecule has 0 spiro atoms. The lowest BCUT2D eigenvalue weighted by Gasteiger charge is -2.29. The zero-order valence-electron chi connectivity index (χ0n) is 19.1. The Morgan fingerprint density at radius 2 is 1.45 bits per heavy atom. The standard InChI is InChI=1S/C20H39N5O4/c1-12(2)14(24-17(28)19(3,4)5)16(27)23-13(10-9-11-22-18(21)29)15(26)25-20(6,7)8/h12-14H,9-11H2,1-8H3,(H,23,27)(H,24,28)(H,25,26)(H3,21,22,29). The molecule has 0 radical (unpaired) electrons. The Kier molecular flexibility index (Phi) is 10.1. The lowest BCUT2D eigenvalue weighted by molar-refractivity contribution is -0.136. The molecule has 0 saturated heterocycles. The van der Waals surface area contributed by atoms with E-state index in [0.717, 1.165) is 0 Å². The average molecular weight is 414 g/mol. The highest BCUT2D eigenvalue weighted by atomic mass is 16.2. The number of nitrogens with two attached hydrogens (primary N) is 1. The number of urea groups is 1. The lowest BCUT2D eigenvalue weighted by Crippen LogP contribution is -2.58. The molecule has 168 valence electrons. The minimum absolute atomic E-state index is 0.163. The predicted molar refractivity (Wildman–Crippen MR) is 113 cm³/mol. The van der Waals surface area contributed by atoms with E-state index < -0.39 is 35.0 Å². The molecule has 2 unspecified atom stereocenters. The summed E-state index contributed by atoms with van der Waals surface area (Å²) in [6.45, 7) is 14.8. The molecule has 29 heavy (non-hydrogen) atoms. The third-order valence-electron chi connectivity index (χ3n) is 4.02. The van der Waals surface area contributed by atoms with Gasteiger partial charge in [-0.25, -0.2) is 4.79 Å². The molecule has 0 saturated carbocycles. The van der Waals surface area contributed by atoms with Crippen LogP contribution in [0.15, 0.2) is 0 Å². The van der Waals surface area contributed by atoms with Crippen molar-refractivity contribution in [2.45, 2.75) is 85.9 Å². The van der Waals surface area contributed by atoms with Crippen LogP contribution in [0, 0.1) is 11.3 Å². The van der Waals surface area contributed by atoms with Gasteiger partial charge in [0.1, 0.15) is 12.1 Å². The highest BCUT2D eigenvalue weighted by molar-refractivity contribution is 5.93. The first kappa shape index (κ1) is 26.7. The Bertz CT molecular complexity index is 591. The maximum absolute atomic E-state index is 12.9. The molecule has 0 aliphatic carbocycles. The zero-order valence-corrected chi connectivity index (χ0v) is 19.1. The van der Waals surface area contributed by atoms with Gasteiger partial charge in [-0.15, -0.1) is 0 Å². The predicted octanol–water partition coefficient (Wildman–Crippen LogP) is 1.02. The van der Waals surface area contributed by atoms with Gasteiger partial charge in [0.2, 0.25) is 17.7 Å². The van der Waals surface area contributed by atoms with Crippen LogP contribution in [0.3, 0.4) is 0 Å². The summed E-state index contributed by atoms with van der Waals surface area (Å²) in [5, 5.41) is 10.8. The zero-order chi connectivity index (χ0) is 23.0. The minimum Gasteiger partial charge on any atom is -0.352 e. The number of hydrogen-bond donors (Lipinski definition) is 5. The second-order valence-electron chi connectivity index (χ2n) is 9.68. The van der Waals surface area contributed by atoms with E-state index in [1.165, 1.54) is 0 Å². The van der Waals surface area contributed by atoms with Gasteiger partial charge in [-0.2, -0.15) is 0 Å². The summed E-state index contributed by atoms with van der Waals surface area (Å²) in [6, 6.07) is -2.21. The van der Waals surface area contributed by atoms with Crippen molar-refractivity contribution in [2.24, 2.45) is 17.1 Å². The van der Waals surface area contributed by atoms with Gasteiger partial charge in [0.25, 0.3) is 0 Å². The summed E-state index contributed by atoms with van der Waals surface area (Å²) in [5.74, 6) is -1.15. The van der Waals surface area contributed by atoms with Gasteiger partial charge in [0.15, 0.2) is 0 Å². The van der Waals surface area contributed by atoms with E-state index in [4.69, 9.17) is 5.73 Å². The normalized spacial score (nSPS) is 14.0. The lowest BCUT2D eigenvalue weighted by atomic mass is 9.93.